The number of hydrogen-bond donors (Lipinski definition) is 2. The van der Waals surface area contributed by atoms with Crippen LogP contribution in [0.1, 0.15) is 35.9 Å². The molecule has 1 aliphatic heterocycles. The van der Waals surface area contributed by atoms with Crippen LogP contribution in [-0.4, -0.2) is 50.8 Å². The van der Waals surface area contributed by atoms with Gasteiger partial charge in [-0.1, -0.05) is 6.42 Å². The van der Waals surface area contributed by atoms with E-state index in [9.17, 15) is 18.0 Å². The molecular weight excluding hydrogens is 426 g/mol. The molecule has 0 aliphatic carbocycles. The Morgan fingerprint density at radius 1 is 1.10 bits per heavy atom. The molecule has 1 fully saturated rings. The summed E-state index contributed by atoms with van der Waals surface area (Å²) in [6.07, 6.45) is 2.64. The highest BCUT2D eigenvalue weighted by molar-refractivity contribution is 7.89. The fourth-order valence-corrected chi connectivity index (χ4v) is 5.99. The highest BCUT2D eigenvalue weighted by Gasteiger charge is 2.31. The monoisotopic (exact) mass is 451 g/mol. The molecule has 2 N–H and O–H groups in total. The second kappa shape index (κ2) is 10.1. The van der Waals surface area contributed by atoms with Crippen molar-refractivity contribution in [1.82, 2.24) is 9.62 Å². The summed E-state index contributed by atoms with van der Waals surface area (Å²) in [5.74, 6) is -0.295. The fourth-order valence-electron chi connectivity index (χ4n) is 3.16. The smallest absolute Gasteiger partial charge is 0.263 e. The maximum absolute atomic E-state index is 12.9. The van der Waals surface area contributed by atoms with Gasteiger partial charge in [0.15, 0.2) is 0 Å². The standard InChI is InChI=1S/C20H25N3O5S2/c1-2-28-16-8-6-15(7-9-16)22-18(24)14-21-20(25)19-17(10-13-29-19)30(26,27)23-11-4-3-5-12-23/h6-10,13H,2-5,11-12,14H2,1H3,(H,21,25)(H,22,24). The van der Waals surface area contributed by atoms with Gasteiger partial charge >= 0.3 is 0 Å². The fraction of sp³-hybridized carbons (Fsp3) is 0.400. The van der Waals surface area contributed by atoms with Gasteiger partial charge in [-0.25, -0.2) is 8.42 Å². The van der Waals surface area contributed by atoms with Crippen molar-refractivity contribution in [2.75, 3.05) is 31.6 Å². The van der Waals surface area contributed by atoms with Gasteiger partial charge in [-0.15, -0.1) is 11.3 Å². The van der Waals surface area contributed by atoms with Gasteiger partial charge in [0.2, 0.25) is 15.9 Å². The third-order valence-corrected chi connectivity index (χ3v) is 7.61. The maximum Gasteiger partial charge on any atom is 0.263 e. The molecule has 0 saturated carbocycles. The summed E-state index contributed by atoms with van der Waals surface area (Å²) in [6, 6.07) is 8.33. The van der Waals surface area contributed by atoms with E-state index in [2.05, 4.69) is 10.6 Å². The van der Waals surface area contributed by atoms with Crippen LogP contribution < -0.4 is 15.4 Å². The lowest BCUT2D eigenvalue weighted by Gasteiger charge is -2.25. The van der Waals surface area contributed by atoms with E-state index in [4.69, 9.17) is 4.74 Å². The zero-order valence-electron chi connectivity index (χ0n) is 16.7. The summed E-state index contributed by atoms with van der Waals surface area (Å²) in [5.41, 5.74) is 0.571. The molecule has 8 nitrogen and oxygen atoms in total. The van der Waals surface area contributed by atoms with Crippen molar-refractivity contribution in [2.45, 2.75) is 31.1 Å². The summed E-state index contributed by atoms with van der Waals surface area (Å²) < 4.78 is 32.6. The van der Waals surface area contributed by atoms with Crippen LogP contribution in [0.5, 0.6) is 5.75 Å². The zero-order valence-corrected chi connectivity index (χ0v) is 18.4. The molecule has 0 atom stereocenters. The summed E-state index contributed by atoms with van der Waals surface area (Å²) in [6.45, 7) is 3.09. The number of piperidine rings is 1. The zero-order chi connectivity index (χ0) is 21.6. The van der Waals surface area contributed by atoms with Gasteiger partial charge in [0.25, 0.3) is 5.91 Å². The lowest BCUT2D eigenvalue weighted by Crippen LogP contribution is -2.37. The molecular formula is C20H25N3O5S2. The van der Waals surface area contributed by atoms with Gasteiger partial charge in [0.1, 0.15) is 15.5 Å². The van der Waals surface area contributed by atoms with Gasteiger partial charge in [0, 0.05) is 18.8 Å². The molecule has 2 heterocycles. The molecule has 1 aromatic carbocycles. The molecule has 1 aliphatic rings. The number of benzene rings is 1. The molecule has 1 saturated heterocycles. The highest BCUT2D eigenvalue weighted by Crippen LogP contribution is 2.27. The SMILES string of the molecule is CCOc1ccc(NC(=O)CNC(=O)c2sccc2S(=O)(=O)N2CCCCC2)cc1. The van der Waals surface area contributed by atoms with Crippen molar-refractivity contribution < 1.29 is 22.7 Å². The van der Waals surface area contributed by atoms with Crippen molar-refractivity contribution in [1.29, 1.82) is 0 Å². The van der Waals surface area contributed by atoms with Gasteiger partial charge in [0.05, 0.1) is 13.2 Å². The number of carbonyl (C=O) groups is 2. The van der Waals surface area contributed by atoms with E-state index in [1.807, 2.05) is 6.92 Å². The summed E-state index contributed by atoms with van der Waals surface area (Å²) >= 11 is 1.05. The van der Waals surface area contributed by atoms with Crippen LogP contribution in [0.3, 0.4) is 0 Å². The average molecular weight is 452 g/mol. The molecule has 2 aromatic rings. The molecule has 30 heavy (non-hydrogen) atoms. The number of rotatable bonds is 8. The Bertz CT molecular complexity index is 980. The van der Waals surface area contributed by atoms with Crippen molar-refractivity contribution in [3.05, 3.63) is 40.6 Å². The molecule has 0 radical (unpaired) electrons. The Hall–Kier alpha value is -2.43. The van der Waals surface area contributed by atoms with Crippen LogP contribution in [0.4, 0.5) is 5.69 Å². The van der Waals surface area contributed by atoms with Crippen LogP contribution >= 0.6 is 11.3 Å². The number of thiophene rings is 1. The number of carbonyl (C=O) groups excluding carboxylic acids is 2. The molecule has 3 rings (SSSR count). The third kappa shape index (κ3) is 5.38. The number of ether oxygens (including phenoxy) is 1. The van der Waals surface area contributed by atoms with Crippen LogP contribution in [-0.2, 0) is 14.8 Å². The molecule has 2 amide bonds. The lowest BCUT2D eigenvalue weighted by molar-refractivity contribution is -0.115. The quantitative estimate of drug-likeness (QED) is 0.642. The van der Waals surface area contributed by atoms with Crippen molar-refractivity contribution in [2.24, 2.45) is 0 Å². The van der Waals surface area contributed by atoms with Crippen LogP contribution in [0.15, 0.2) is 40.6 Å². The predicted octanol–water partition coefficient (Wildman–Crippen LogP) is 2.69. The minimum Gasteiger partial charge on any atom is -0.494 e. The first-order valence-electron chi connectivity index (χ1n) is 9.80. The van der Waals surface area contributed by atoms with Gasteiger partial charge in [-0.3, -0.25) is 9.59 Å². The lowest BCUT2D eigenvalue weighted by atomic mass is 10.2. The number of nitrogens with one attached hydrogen (secondary N) is 2. The molecule has 0 spiro atoms. The predicted molar refractivity (Wildman–Crippen MR) is 116 cm³/mol. The number of hydrogen-bond acceptors (Lipinski definition) is 6. The van der Waals surface area contributed by atoms with Crippen LogP contribution in [0.25, 0.3) is 0 Å². The first-order valence-corrected chi connectivity index (χ1v) is 12.1. The molecule has 162 valence electrons. The van der Waals surface area contributed by atoms with E-state index in [0.29, 0.717) is 31.1 Å². The van der Waals surface area contributed by atoms with Gasteiger partial charge < -0.3 is 15.4 Å². The van der Waals surface area contributed by atoms with Crippen LogP contribution in [0.2, 0.25) is 0 Å². The molecule has 10 heteroatoms. The Morgan fingerprint density at radius 2 is 1.80 bits per heavy atom. The molecule has 0 bridgehead atoms. The van der Waals surface area contributed by atoms with Crippen molar-refractivity contribution in [3.8, 4) is 5.75 Å². The van der Waals surface area contributed by atoms with Crippen LogP contribution in [0, 0.1) is 0 Å². The Morgan fingerprint density at radius 3 is 2.47 bits per heavy atom. The number of sulfonamides is 1. The van der Waals surface area contributed by atoms with Gasteiger partial charge in [-0.2, -0.15) is 4.31 Å². The second-order valence-electron chi connectivity index (χ2n) is 6.77. The largest absolute Gasteiger partial charge is 0.494 e. The first-order chi connectivity index (χ1) is 14.4. The van der Waals surface area contributed by atoms with Gasteiger partial charge in [-0.05, 0) is 55.5 Å². The van der Waals surface area contributed by atoms with E-state index < -0.39 is 21.8 Å². The summed E-state index contributed by atoms with van der Waals surface area (Å²) in [7, 11) is -3.72. The van der Waals surface area contributed by atoms with Crippen molar-refractivity contribution >= 4 is 38.9 Å². The second-order valence-corrected chi connectivity index (χ2v) is 9.59. The Balaban J connectivity index is 1.59. The summed E-state index contributed by atoms with van der Waals surface area (Å²) in [5, 5.41) is 6.76. The highest BCUT2D eigenvalue weighted by atomic mass is 32.2. The maximum atomic E-state index is 12.9. The Kier molecular flexibility index (Phi) is 7.46. The Labute approximate surface area is 180 Å². The molecule has 0 unspecified atom stereocenters. The van der Waals surface area contributed by atoms with E-state index in [1.165, 1.54) is 10.4 Å². The van der Waals surface area contributed by atoms with E-state index >= 15 is 0 Å². The first kappa shape index (κ1) is 22.3. The topological polar surface area (TPSA) is 105 Å². The number of nitrogens with zero attached hydrogens (tertiary/aromatic N) is 1. The summed E-state index contributed by atoms with van der Waals surface area (Å²) in [4.78, 5) is 24.8. The third-order valence-electron chi connectivity index (χ3n) is 4.63. The van der Waals surface area contributed by atoms with E-state index in [-0.39, 0.29) is 16.3 Å². The van der Waals surface area contributed by atoms with Crippen molar-refractivity contribution in [3.63, 3.8) is 0 Å². The van der Waals surface area contributed by atoms with E-state index in [0.717, 1.165) is 30.6 Å². The van der Waals surface area contributed by atoms with E-state index in [1.54, 1.807) is 29.6 Å². The minimum atomic E-state index is -3.72. The number of amides is 2. The minimum absolute atomic E-state index is 0.00109. The average Bonchev–Trinajstić information content (AvgIpc) is 3.25. The molecule has 1 aromatic heterocycles. The normalized spacial score (nSPS) is 14.8. The number of anilines is 1.